The molecule has 0 fully saturated rings. The van der Waals surface area contributed by atoms with Gasteiger partial charge in [0.05, 0.1) is 12.3 Å². The Morgan fingerprint density at radius 2 is 2.06 bits per heavy atom. The number of ether oxygens (including phenoxy) is 1. The Morgan fingerprint density at radius 3 is 2.78 bits per heavy atom. The Balaban J connectivity index is 2.70. The molecule has 1 amide bonds. The van der Waals surface area contributed by atoms with Gasteiger partial charge in [-0.15, -0.1) is 0 Å². The molecule has 1 aromatic carbocycles. The molecule has 0 saturated heterocycles. The number of benzene rings is 1. The van der Waals surface area contributed by atoms with E-state index in [1.54, 1.807) is 0 Å². The summed E-state index contributed by atoms with van der Waals surface area (Å²) in [6.07, 6.45) is 2.27. The molecule has 3 nitrogen and oxygen atoms in total. The van der Waals surface area contributed by atoms with Gasteiger partial charge >= 0.3 is 6.09 Å². The van der Waals surface area contributed by atoms with Crippen molar-refractivity contribution in [3.05, 3.63) is 29.8 Å². The summed E-state index contributed by atoms with van der Waals surface area (Å²) in [7, 11) is 0. The van der Waals surface area contributed by atoms with Gasteiger partial charge in [0.2, 0.25) is 0 Å². The van der Waals surface area contributed by atoms with Crippen molar-refractivity contribution in [1.29, 1.82) is 0 Å². The van der Waals surface area contributed by atoms with E-state index in [9.17, 15) is 4.79 Å². The van der Waals surface area contributed by atoms with Crippen LogP contribution >= 0.6 is 0 Å². The molecule has 0 aliphatic carbocycles. The summed E-state index contributed by atoms with van der Waals surface area (Å²) < 4.78 is 4.98. The lowest BCUT2D eigenvalue weighted by Gasteiger charge is -2.07. The van der Waals surface area contributed by atoms with E-state index in [1.165, 1.54) is 0 Å². The largest absolute Gasteiger partial charge is 0.449 e. The number of hydrogen-bond acceptors (Lipinski definition) is 2. The van der Waals surface area contributed by atoms with Gasteiger partial charge in [0.1, 0.15) is 0 Å². The van der Waals surface area contributed by atoms with Gasteiger partial charge in [-0.3, -0.25) is 5.32 Å². The second kappa shape index (κ2) is 8.19. The summed E-state index contributed by atoms with van der Waals surface area (Å²) in [6, 6.07) is 7.47. The van der Waals surface area contributed by atoms with Gasteiger partial charge < -0.3 is 4.74 Å². The fraction of sp³-hybridized carbons (Fsp3) is 0.400. The highest BCUT2D eigenvalue weighted by Gasteiger charge is 2.05. The van der Waals surface area contributed by atoms with Crippen LogP contribution in [0, 0.1) is 11.8 Å². The van der Waals surface area contributed by atoms with Crippen molar-refractivity contribution >= 4 is 11.8 Å². The molecular weight excluding hydrogens is 226 g/mol. The number of unbranched alkanes of at least 4 members (excludes halogenated alkanes) is 1. The number of para-hydroxylation sites is 1. The predicted molar refractivity (Wildman–Crippen MR) is 73.5 cm³/mol. The van der Waals surface area contributed by atoms with Gasteiger partial charge in [-0.2, -0.15) is 0 Å². The minimum atomic E-state index is -0.429. The summed E-state index contributed by atoms with van der Waals surface area (Å²) in [5, 5.41) is 2.71. The summed E-state index contributed by atoms with van der Waals surface area (Å²) in [5.41, 5.74) is 1.52. The maximum atomic E-state index is 11.5. The Kier molecular flexibility index (Phi) is 6.42. The first-order chi connectivity index (χ1) is 8.77. The van der Waals surface area contributed by atoms with Crippen LogP contribution in [-0.2, 0) is 4.74 Å². The number of rotatable bonds is 4. The van der Waals surface area contributed by atoms with E-state index in [0.717, 1.165) is 24.8 Å². The van der Waals surface area contributed by atoms with E-state index < -0.39 is 6.09 Å². The predicted octanol–water partition coefficient (Wildman–Crippen LogP) is 3.80. The quantitative estimate of drug-likeness (QED) is 0.819. The molecule has 96 valence electrons. The minimum Gasteiger partial charge on any atom is -0.449 e. The molecule has 1 rings (SSSR count). The normalized spacial score (nSPS) is 9.22. The standard InChI is InChI=1S/C15H19NO2/c1-3-5-6-9-13-10-7-8-11-14(13)16-15(17)18-12-4-2/h7-8,10-11H,3-5,12H2,1-2H3,(H,16,17). The number of amides is 1. The lowest BCUT2D eigenvalue weighted by Crippen LogP contribution is -2.14. The summed E-state index contributed by atoms with van der Waals surface area (Å²) in [6.45, 7) is 4.47. The average molecular weight is 245 g/mol. The smallest absolute Gasteiger partial charge is 0.411 e. The zero-order valence-corrected chi connectivity index (χ0v) is 11.0. The van der Waals surface area contributed by atoms with Crippen LogP contribution in [0.15, 0.2) is 24.3 Å². The molecule has 18 heavy (non-hydrogen) atoms. The molecular formula is C15H19NO2. The fourth-order valence-corrected chi connectivity index (χ4v) is 1.32. The molecule has 0 saturated carbocycles. The summed E-state index contributed by atoms with van der Waals surface area (Å²) in [5.74, 6) is 6.12. The third-order valence-electron chi connectivity index (χ3n) is 2.20. The van der Waals surface area contributed by atoms with Crippen LogP contribution in [0.1, 0.15) is 38.7 Å². The number of carbonyl (C=O) groups is 1. The zero-order valence-electron chi connectivity index (χ0n) is 11.0. The van der Waals surface area contributed by atoms with Gasteiger partial charge in [-0.25, -0.2) is 4.79 Å². The molecule has 1 aromatic rings. The number of hydrogen-bond donors (Lipinski definition) is 1. The first-order valence-corrected chi connectivity index (χ1v) is 6.29. The Morgan fingerprint density at radius 1 is 1.28 bits per heavy atom. The van der Waals surface area contributed by atoms with Crippen LogP contribution in [0.4, 0.5) is 10.5 Å². The minimum absolute atomic E-state index is 0.426. The van der Waals surface area contributed by atoms with Gasteiger partial charge in [0, 0.05) is 12.0 Å². The molecule has 3 heteroatoms. The Bertz CT molecular complexity index is 443. The van der Waals surface area contributed by atoms with Crippen LogP contribution in [0.3, 0.4) is 0 Å². The molecule has 0 atom stereocenters. The van der Waals surface area contributed by atoms with E-state index in [0.29, 0.717) is 12.3 Å². The lowest BCUT2D eigenvalue weighted by molar-refractivity contribution is 0.161. The third kappa shape index (κ3) is 4.92. The van der Waals surface area contributed by atoms with E-state index in [-0.39, 0.29) is 0 Å². The van der Waals surface area contributed by atoms with Gasteiger partial charge in [-0.05, 0) is 25.0 Å². The van der Waals surface area contributed by atoms with Gasteiger partial charge in [0.25, 0.3) is 0 Å². The average Bonchev–Trinajstić information content (AvgIpc) is 2.38. The molecule has 1 N–H and O–H groups in total. The van der Waals surface area contributed by atoms with E-state index in [2.05, 4.69) is 24.1 Å². The van der Waals surface area contributed by atoms with Crippen molar-refractivity contribution < 1.29 is 9.53 Å². The third-order valence-corrected chi connectivity index (χ3v) is 2.20. The highest BCUT2D eigenvalue weighted by atomic mass is 16.5. The van der Waals surface area contributed by atoms with E-state index in [1.807, 2.05) is 31.2 Å². The fourth-order valence-electron chi connectivity index (χ4n) is 1.32. The monoisotopic (exact) mass is 245 g/mol. The first-order valence-electron chi connectivity index (χ1n) is 6.29. The van der Waals surface area contributed by atoms with Crippen LogP contribution in [-0.4, -0.2) is 12.7 Å². The highest BCUT2D eigenvalue weighted by molar-refractivity contribution is 5.86. The SMILES string of the molecule is CCCC#Cc1ccccc1NC(=O)OCCC. The molecule has 0 heterocycles. The second-order valence-corrected chi connectivity index (χ2v) is 3.86. The van der Waals surface area contributed by atoms with Crippen molar-refractivity contribution in [2.75, 3.05) is 11.9 Å². The van der Waals surface area contributed by atoms with Crippen molar-refractivity contribution in [3.8, 4) is 11.8 Å². The molecule has 0 aliphatic heterocycles. The van der Waals surface area contributed by atoms with Crippen LogP contribution in [0.5, 0.6) is 0 Å². The van der Waals surface area contributed by atoms with Gasteiger partial charge in [-0.1, -0.05) is 37.8 Å². The zero-order chi connectivity index (χ0) is 13.2. The summed E-state index contributed by atoms with van der Waals surface area (Å²) in [4.78, 5) is 11.5. The maximum absolute atomic E-state index is 11.5. The Labute approximate surface area is 109 Å². The van der Waals surface area contributed by atoms with Crippen molar-refractivity contribution in [3.63, 3.8) is 0 Å². The molecule has 0 aromatic heterocycles. The second-order valence-electron chi connectivity index (χ2n) is 3.86. The topological polar surface area (TPSA) is 38.3 Å². The number of nitrogens with one attached hydrogen (secondary N) is 1. The van der Waals surface area contributed by atoms with E-state index >= 15 is 0 Å². The van der Waals surface area contributed by atoms with Gasteiger partial charge in [0.15, 0.2) is 0 Å². The van der Waals surface area contributed by atoms with Crippen LogP contribution < -0.4 is 5.32 Å². The highest BCUT2D eigenvalue weighted by Crippen LogP contribution is 2.14. The molecule has 0 spiro atoms. The van der Waals surface area contributed by atoms with Crippen LogP contribution in [0.25, 0.3) is 0 Å². The molecule has 0 unspecified atom stereocenters. The molecule has 0 aliphatic rings. The van der Waals surface area contributed by atoms with Crippen molar-refractivity contribution in [1.82, 2.24) is 0 Å². The summed E-state index contributed by atoms with van der Waals surface area (Å²) >= 11 is 0. The van der Waals surface area contributed by atoms with Crippen molar-refractivity contribution in [2.24, 2.45) is 0 Å². The number of anilines is 1. The van der Waals surface area contributed by atoms with Crippen molar-refractivity contribution in [2.45, 2.75) is 33.1 Å². The number of carbonyl (C=O) groups excluding carboxylic acids is 1. The first kappa shape index (κ1) is 14.1. The van der Waals surface area contributed by atoms with Crippen LogP contribution in [0.2, 0.25) is 0 Å². The Hall–Kier alpha value is -1.95. The maximum Gasteiger partial charge on any atom is 0.411 e. The lowest BCUT2D eigenvalue weighted by atomic mass is 10.1. The molecule has 0 bridgehead atoms. The molecule has 0 radical (unpaired) electrons. The van der Waals surface area contributed by atoms with E-state index in [4.69, 9.17) is 4.74 Å².